The molecule has 0 unspecified atom stereocenters. The number of fused-ring (bicyclic) bond motifs is 3. The van der Waals surface area contributed by atoms with E-state index in [1.807, 2.05) is 35.2 Å². The van der Waals surface area contributed by atoms with Crippen molar-refractivity contribution < 1.29 is 61.0 Å². The highest BCUT2D eigenvalue weighted by molar-refractivity contribution is 6.35. The number of carbonyl (C=O) groups excluding carboxylic acids is 8. The summed E-state index contributed by atoms with van der Waals surface area (Å²) < 4.78 is 57.8. The van der Waals surface area contributed by atoms with Gasteiger partial charge in [-0.25, -0.2) is 56.9 Å². The average Bonchev–Trinajstić information content (AvgIpc) is 1.61. The fourth-order valence-corrected chi connectivity index (χ4v) is 14.8. The van der Waals surface area contributed by atoms with Gasteiger partial charge >= 0.3 is 12.2 Å². The maximum atomic E-state index is 15.0. The van der Waals surface area contributed by atoms with Crippen molar-refractivity contribution in [3.8, 4) is 63.4 Å². The van der Waals surface area contributed by atoms with Gasteiger partial charge in [-0.3, -0.25) is 33.9 Å². The Balaban J connectivity index is 0.000000151. The summed E-state index contributed by atoms with van der Waals surface area (Å²) in [4.78, 5) is 119. The highest BCUT2D eigenvalue weighted by Gasteiger charge is 2.42. The summed E-state index contributed by atoms with van der Waals surface area (Å²) >= 11 is 6.23. The molecular formula is C82H83ClF3N21O10. The van der Waals surface area contributed by atoms with Gasteiger partial charge < -0.3 is 45.4 Å². The van der Waals surface area contributed by atoms with Crippen molar-refractivity contribution in [3.05, 3.63) is 183 Å². The van der Waals surface area contributed by atoms with Crippen LogP contribution in [0.5, 0.6) is 0 Å². The minimum absolute atomic E-state index is 0.00660. The minimum Gasteiger partial charge on any atom is -0.443 e. The van der Waals surface area contributed by atoms with Crippen LogP contribution in [-0.2, 0) is 43.5 Å². The number of anilines is 3. The molecule has 5 N–H and O–H groups in total. The highest BCUT2D eigenvalue weighted by Crippen LogP contribution is 2.39. The molecule has 9 aromatic rings. The molecule has 6 aliphatic rings. The molecular weight excluding hydrogens is 1530 g/mol. The van der Waals surface area contributed by atoms with Gasteiger partial charge in [-0.2, -0.15) is 31.1 Å². The largest absolute Gasteiger partial charge is 0.443 e. The Bertz CT molecular complexity index is 5520. The van der Waals surface area contributed by atoms with E-state index in [9.17, 15) is 62.9 Å². The Morgan fingerprint density at radius 1 is 0.521 bits per heavy atom. The van der Waals surface area contributed by atoms with E-state index in [0.29, 0.717) is 41.7 Å². The van der Waals surface area contributed by atoms with E-state index >= 15 is 4.39 Å². The summed E-state index contributed by atoms with van der Waals surface area (Å²) in [7, 11) is 0. The molecule has 3 saturated heterocycles. The molecule has 8 amide bonds. The van der Waals surface area contributed by atoms with E-state index in [4.69, 9.17) is 31.3 Å². The number of nitriles is 3. The lowest BCUT2D eigenvalue weighted by Gasteiger charge is -2.33. The molecule has 0 radical (unpaired) electrons. The standard InChI is InChI=1S/C29H30FN7O4.C24H22FN7O2.C19H15ClFN3O3.C10H16N4O/c1-17(38)32-19-8-6-11-35(15-19)24-10-12-37(34-24)23-13-21(25-18(14-31)7-5-9-20(25)30)33-22-16-36(27(39)26(22)23)28(40)41-29(2,3)4;1-14(33)28-16-5-3-8-31(13-16)21-7-9-32(30-21)20-10-18(29-19-12-27-24(34)23(19)20)22-15(11-26)4-2-6-17(22)25;1-19(2,3)27-18(26)24-9-14-16(17(24)25)11(20)7-13(23-14)15-10(8-22)5-4-6-12(15)21;1-8(15)12-9-3-2-6-14(7-9)10-4-5-11-13-10/h5,7,9-10,12-13,19H,6,8,11,15-16H2,1-4H3,(H,32,38);2,4,6-7,9-10,16H,3,5,8,12-13H2,1H3,(H,27,34)(H,28,33);4-7H,9H2,1-3H3;4-5,9H,2-3,6-7H2,1H3,(H,11,13)(H,12,15)/t19-;16-;;9-/m00.0/s1. The van der Waals surface area contributed by atoms with Gasteiger partial charge in [0.05, 0.1) is 145 Å². The van der Waals surface area contributed by atoms with Gasteiger partial charge in [0.2, 0.25) is 17.7 Å². The van der Waals surface area contributed by atoms with Gasteiger partial charge in [0.15, 0.2) is 11.6 Å². The molecule has 0 bridgehead atoms. The van der Waals surface area contributed by atoms with Crippen molar-refractivity contribution in [2.45, 2.75) is 150 Å². The zero-order chi connectivity index (χ0) is 83.9. The number of rotatable bonds is 11. The summed E-state index contributed by atoms with van der Waals surface area (Å²) in [6.45, 7) is 19.2. The first-order valence-corrected chi connectivity index (χ1v) is 38.0. The van der Waals surface area contributed by atoms with Crippen LogP contribution >= 0.6 is 11.6 Å². The normalized spacial score (nSPS) is 16.7. The fourth-order valence-electron chi connectivity index (χ4n) is 14.5. The van der Waals surface area contributed by atoms with Crippen LogP contribution in [0.3, 0.4) is 0 Å². The Hall–Kier alpha value is -13.6. The van der Waals surface area contributed by atoms with E-state index < -0.39 is 52.7 Å². The van der Waals surface area contributed by atoms with Crippen molar-refractivity contribution in [3.63, 3.8) is 0 Å². The molecule has 117 heavy (non-hydrogen) atoms. The number of pyridine rings is 3. The molecule has 6 aliphatic heterocycles. The van der Waals surface area contributed by atoms with E-state index in [1.165, 1.54) is 85.3 Å². The first-order chi connectivity index (χ1) is 55.8. The van der Waals surface area contributed by atoms with Crippen molar-refractivity contribution in [2.75, 3.05) is 54.0 Å². The SMILES string of the molecule is CC(=O)N[C@H]1CCCN(c2ccn(-c3cc(-c4c(F)cccc4C#N)nc4c3C(=O)N(C(=O)OC(C)(C)C)C4)n2)C1.CC(=O)N[C@H]1CCCN(c2ccn(-c3cc(-c4c(F)cccc4C#N)nc4c3C(=O)NC4)n2)C1.CC(=O)N[C@H]1CCCN(c2ccn[nH]2)C1.CC(C)(C)OC(=O)N1Cc2nc(-c3c(F)cccc3C#N)cc(Cl)c2C1=O. The van der Waals surface area contributed by atoms with Gasteiger partial charge in [-0.1, -0.05) is 29.8 Å². The number of benzene rings is 3. The second-order valence-corrected chi connectivity index (χ2v) is 30.8. The maximum absolute atomic E-state index is 15.0. The molecule has 12 heterocycles. The lowest BCUT2D eigenvalue weighted by atomic mass is 10.0. The first-order valence-electron chi connectivity index (χ1n) is 37.7. The van der Waals surface area contributed by atoms with Gasteiger partial charge in [-0.15, -0.1) is 0 Å². The molecule has 0 saturated carbocycles. The van der Waals surface area contributed by atoms with Crippen molar-refractivity contribution in [2.24, 2.45) is 0 Å². The van der Waals surface area contributed by atoms with E-state index in [2.05, 4.69) is 56.2 Å². The first kappa shape index (κ1) is 82.9. The monoisotopic (exact) mass is 1610 g/mol. The van der Waals surface area contributed by atoms with Crippen LogP contribution in [-0.4, -0.2) is 171 Å². The molecule has 3 fully saturated rings. The zero-order valence-corrected chi connectivity index (χ0v) is 66.2. The molecule has 0 spiro atoms. The summed E-state index contributed by atoms with van der Waals surface area (Å²) in [6.07, 6.45) is 9.23. The van der Waals surface area contributed by atoms with E-state index in [0.717, 1.165) is 80.3 Å². The third kappa shape index (κ3) is 19.1. The number of piperidine rings is 3. The van der Waals surface area contributed by atoms with E-state index in [1.54, 1.807) is 83.9 Å². The summed E-state index contributed by atoms with van der Waals surface area (Å²) in [5.41, 5.74) is 1.59. The van der Waals surface area contributed by atoms with Crippen LogP contribution in [0, 0.1) is 51.4 Å². The number of nitrogens with zero attached hydrogens (tertiary/aromatic N) is 16. The van der Waals surface area contributed by atoms with Gasteiger partial charge in [0.1, 0.15) is 34.5 Å². The van der Waals surface area contributed by atoms with Crippen LogP contribution in [0.4, 0.5) is 40.2 Å². The number of imide groups is 2. The average molecular weight is 1620 g/mol. The number of hydrogen-bond donors (Lipinski definition) is 5. The van der Waals surface area contributed by atoms with Crippen molar-refractivity contribution >= 4 is 76.7 Å². The predicted molar refractivity (Wildman–Crippen MR) is 421 cm³/mol. The minimum atomic E-state index is -0.831. The third-order valence-corrected chi connectivity index (χ3v) is 19.7. The fraction of sp³-hybridized carbons (Fsp3) is 0.354. The number of aromatic nitrogens is 9. The van der Waals surface area contributed by atoms with Crippen LogP contribution < -0.4 is 36.0 Å². The second kappa shape index (κ2) is 35.0. The number of ether oxygens (including phenoxy) is 2. The Morgan fingerprint density at radius 2 is 0.915 bits per heavy atom. The van der Waals surface area contributed by atoms with Gasteiger partial charge in [-0.05, 0) is 135 Å². The number of carbonyl (C=O) groups is 8. The third-order valence-electron chi connectivity index (χ3n) is 19.4. The lowest BCUT2D eigenvalue weighted by molar-refractivity contribution is -0.120. The Morgan fingerprint density at radius 3 is 1.32 bits per heavy atom. The quantitative estimate of drug-likeness (QED) is 0.0803. The maximum Gasteiger partial charge on any atom is 0.417 e. The van der Waals surface area contributed by atoms with E-state index in [-0.39, 0.29) is 145 Å². The number of halogens is 4. The number of hydrogen-bond acceptors (Lipinski definition) is 22. The van der Waals surface area contributed by atoms with Crippen LogP contribution in [0.25, 0.3) is 45.1 Å². The van der Waals surface area contributed by atoms with Crippen molar-refractivity contribution in [1.29, 1.82) is 15.8 Å². The van der Waals surface area contributed by atoms with Crippen LogP contribution in [0.1, 0.15) is 166 Å². The summed E-state index contributed by atoms with van der Waals surface area (Å²) in [5, 5.41) is 56.3. The zero-order valence-electron chi connectivity index (χ0n) is 65.5. The smallest absolute Gasteiger partial charge is 0.417 e. The van der Waals surface area contributed by atoms with Gasteiger partial charge in [0, 0.05) is 109 Å². The number of nitrogens with one attached hydrogen (secondary N) is 5. The Kier molecular flexibility index (Phi) is 24.8. The van der Waals surface area contributed by atoms with Crippen molar-refractivity contribution in [1.82, 2.24) is 75.8 Å². The second-order valence-electron chi connectivity index (χ2n) is 30.4. The topological polar surface area (TPSA) is 394 Å². The van der Waals surface area contributed by atoms with Gasteiger partial charge in [0.25, 0.3) is 17.7 Å². The number of aromatic amines is 1. The lowest BCUT2D eigenvalue weighted by Crippen LogP contribution is -2.47. The predicted octanol–water partition coefficient (Wildman–Crippen LogP) is 11.1. The molecule has 0 aliphatic carbocycles. The molecule has 3 atom stereocenters. The Labute approximate surface area is 675 Å². The summed E-state index contributed by atoms with van der Waals surface area (Å²) in [5.74, 6) is -1.10. The molecule has 3 aromatic carbocycles. The van der Waals surface area contributed by atoms with Crippen LogP contribution in [0.15, 0.2) is 110 Å². The summed E-state index contributed by atoms with van der Waals surface area (Å²) in [6, 6.07) is 28.7. The van der Waals surface area contributed by atoms with Crippen LogP contribution in [0.2, 0.25) is 5.02 Å². The number of H-pyrrole nitrogens is 1. The number of amides is 8. The molecule has 6 aromatic heterocycles. The molecule has 604 valence electrons. The molecule has 31 nitrogen and oxygen atoms in total. The molecule has 15 rings (SSSR count). The molecule has 35 heteroatoms. The highest BCUT2D eigenvalue weighted by atomic mass is 35.5.